The highest BCUT2D eigenvalue weighted by molar-refractivity contribution is 6.01. The van der Waals surface area contributed by atoms with Crippen molar-refractivity contribution in [3.05, 3.63) is 52.8 Å². The van der Waals surface area contributed by atoms with Crippen molar-refractivity contribution in [1.29, 1.82) is 0 Å². The number of hydrogen-bond acceptors (Lipinski definition) is 5. The summed E-state index contributed by atoms with van der Waals surface area (Å²) in [4.78, 5) is 8.50. The van der Waals surface area contributed by atoms with Gasteiger partial charge in [0.15, 0.2) is 0 Å². The lowest BCUT2D eigenvalue weighted by molar-refractivity contribution is 0.357. The Morgan fingerprint density at radius 1 is 1.14 bits per heavy atom. The molecular formula is C16H20N4O. The van der Waals surface area contributed by atoms with Crippen molar-refractivity contribution in [2.24, 2.45) is 5.10 Å². The van der Waals surface area contributed by atoms with Crippen LogP contribution < -0.4 is 5.43 Å². The molecule has 0 saturated heterocycles. The lowest BCUT2D eigenvalue weighted by atomic mass is 10.1. The topological polar surface area (TPSA) is 70.4 Å². The standard InChI is InChI=1S/C16H20N4O/c1-4-13-5-7-14(8-6-13)15(10-21)19-20-16-17-11(2)9-12(3)18-16/h5-9,21H,4,10H2,1-3H3,(H,17,18,20)/b19-15+. The summed E-state index contributed by atoms with van der Waals surface area (Å²) in [6, 6.07) is 9.88. The van der Waals surface area contributed by atoms with Crippen molar-refractivity contribution in [2.45, 2.75) is 27.2 Å². The minimum absolute atomic E-state index is 0.150. The quantitative estimate of drug-likeness (QED) is 0.653. The van der Waals surface area contributed by atoms with E-state index in [1.165, 1.54) is 5.56 Å². The minimum atomic E-state index is -0.150. The number of aliphatic hydroxyl groups is 1. The molecule has 5 heteroatoms. The average Bonchev–Trinajstić information content (AvgIpc) is 2.47. The summed E-state index contributed by atoms with van der Waals surface area (Å²) >= 11 is 0. The van der Waals surface area contributed by atoms with E-state index < -0.39 is 0 Å². The molecule has 0 spiro atoms. The van der Waals surface area contributed by atoms with E-state index in [-0.39, 0.29) is 6.61 Å². The van der Waals surface area contributed by atoms with Gasteiger partial charge in [-0.1, -0.05) is 31.2 Å². The predicted molar refractivity (Wildman–Crippen MR) is 84.6 cm³/mol. The van der Waals surface area contributed by atoms with Gasteiger partial charge < -0.3 is 5.11 Å². The van der Waals surface area contributed by atoms with Crippen LogP contribution in [0.1, 0.15) is 29.4 Å². The summed E-state index contributed by atoms with van der Waals surface area (Å²) in [6.07, 6.45) is 0.987. The number of rotatable bonds is 5. The highest BCUT2D eigenvalue weighted by Gasteiger charge is 2.04. The maximum atomic E-state index is 9.48. The van der Waals surface area contributed by atoms with E-state index in [1.807, 2.05) is 44.2 Å². The molecule has 2 aromatic rings. The van der Waals surface area contributed by atoms with Crippen molar-refractivity contribution >= 4 is 11.7 Å². The fourth-order valence-corrected chi connectivity index (χ4v) is 2.02. The lowest BCUT2D eigenvalue weighted by Crippen LogP contribution is -2.10. The molecule has 0 aliphatic heterocycles. The number of aliphatic hydroxyl groups excluding tert-OH is 1. The fraction of sp³-hybridized carbons (Fsp3) is 0.312. The maximum Gasteiger partial charge on any atom is 0.243 e. The number of hydrazone groups is 1. The van der Waals surface area contributed by atoms with Crippen LogP contribution in [0.5, 0.6) is 0 Å². The molecule has 2 N–H and O–H groups in total. The number of hydrogen-bond donors (Lipinski definition) is 2. The minimum Gasteiger partial charge on any atom is -0.390 e. The molecule has 0 fully saturated rings. The van der Waals surface area contributed by atoms with E-state index in [0.717, 1.165) is 23.4 Å². The first-order valence-electron chi connectivity index (χ1n) is 6.97. The number of nitrogens with zero attached hydrogens (tertiary/aromatic N) is 3. The number of benzene rings is 1. The zero-order valence-electron chi connectivity index (χ0n) is 12.6. The van der Waals surface area contributed by atoms with E-state index >= 15 is 0 Å². The zero-order valence-corrected chi connectivity index (χ0v) is 12.6. The molecule has 21 heavy (non-hydrogen) atoms. The van der Waals surface area contributed by atoms with E-state index in [9.17, 15) is 5.11 Å². The Kier molecular flexibility index (Phi) is 5.00. The van der Waals surface area contributed by atoms with Crippen molar-refractivity contribution < 1.29 is 5.11 Å². The first-order chi connectivity index (χ1) is 10.1. The molecule has 0 atom stereocenters. The van der Waals surface area contributed by atoms with Gasteiger partial charge in [-0.3, -0.25) is 0 Å². The van der Waals surface area contributed by atoms with Gasteiger partial charge in [0.05, 0.1) is 12.3 Å². The molecule has 0 unspecified atom stereocenters. The summed E-state index contributed by atoms with van der Waals surface area (Å²) in [6.45, 7) is 5.76. The summed E-state index contributed by atoms with van der Waals surface area (Å²) in [5.74, 6) is 0.434. The summed E-state index contributed by atoms with van der Waals surface area (Å²) in [5, 5.41) is 13.7. The normalized spacial score (nSPS) is 11.5. The van der Waals surface area contributed by atoms with E-state index in [0.29, 0.717) is 11.7 Å². The largest absolute Gasteiger partial charge is 0.390 e. The Balaban J connectivity index is 2.19. The van der Waals surface area contributed by atoms with Gasteiger partial charge in [-0.05, 0) is 31.9 Å². The Hall–Kier alpha value is -2.27. The third kappa shape index (κ3) is 4.10. The van der Waals surface area contributed by atoms with Gasteiger partial charge in [-0.25, -0.2) is 15.4 Å². The number of anilines is 1. The fourth-order valence-electron chi connectivity index (χ4n) is 2.02. The molecule has 0 aliphatic carbocycles. The highest BCUT2D eigenvalue weighted by atomic mass is 16.3. The molecule has 1 heterocycles. The van der Waals surface area contributed by atoms with Crippen molar-refractivity contribution in [2.75, 3.05) is 12.0 Å². The summed E-state index contributed by atoms with van der Waals surface area (Å²) in [5.41, 5.74) is 7.25. The van der Waals surface area contributed by atoms with Crippen LogP contribution >= 0.6 is 0 Å². The van der Waals surface area contributed by atoms with Crippen LogP contribution in [0.15, 0.2) is 35.4 Å². The van der Waals surface area contributed by atoms with Gasteiger partial charge >= 0.3 is 0 Å². The number of aromatic nitrogens is 2. The van der Waals surface area contributed by atoms with Gasteiger partial charge in [0.1, 0.15) is 0 Å². The van der Waals surface area contributed by atoms with Crippen LogP contribution in [-0.4, -0.2) is 27.4 Å². The molecule has 1 aromatic carbocycles. The average molecular weight is 284 g/mol. The van der Waals surface area contributed by atoms with Crippen LogP contribution in [0.4, 0.5) is 5.95 Å². The molecular weight excluding hydrogens is 264 g/mol. The summed E-state index contributed by atoms with van der Waals surface area (Å²) < 4.78 is 0. The van der Waals surface area contributed by atoms with Crippen LogP contribution in [0.25, 0.3) is 0 Å². The maximum absolute atomic E-state index is 9.48. The van der Waals surface area contributed by atoms with E-state index in [4.69, 9.17) is 0 Å². The van der Waals surface area contributed by atoms with Gasteiger partial charge in [-0.15, -0.1) is 0 Å². The van der Waals surface area contributed by atoms with Crippen LogP contribution in [0.2, 0.25) is 0 Å². The third-order valence-corrected chi connectivity index (χ3v) is 3.12. The zero-order chi connectivity index (χ0) is 15.2. The molecule has 0 saturated carbocycles. The van der Waals surface area contributed by atoms with Gasteiger partial charge in [-0.2, -0.15) is 5.10 Å². The summed E-state index contributed by atoms with van der Waals surface area (Å²) in [7, 11) is 0. The Bertz CT molecular complexity index is 615. The SMILES string of the molecule is CCc1ccc(/C(CO)=N/Nc2nc(C)cc(C)n2)cc1. The molecule has 110 valence electrons. The monoisotopic (exact) mass is 284 g/mol. The molecule has 0 aliphatic rings. The van der Waals surface area contributed by atoms with Crippen molar-refractivity contribution in [3.63, 3.8) is 0 Å². The molecule has 0 bridgehead atoms. The second-order valence-electron chi connectivity index (χ2n) is 4.85. The third-order valence-electron chi connectivity index (χ3n) is 3.12. The smallest absolute Gasteiger partial charge is 0.243 e. The molecule has 5 nitrogen and oxygen atoms in total. The molecule has 1 aromatic heterocycles. The van der Waals surface area contributed by atoms with E-state index in [2.05, 4.69) is 27.4 Å². The van der Waals surface area contributed by atoms with Crippen LogP contribution in [-0.2, 0) is 6.42 Å². The van der Waals surface area contributed by atoms with Crippen LogP contribution in [0.3, 0.4) is 0 Å². The van der Waals surface area contributed by atoms with Crippen molar-refractivity contribution in [3.8, 4) is 0 Å². The number of aryl methyl sites for hydroxylation is 3. The number of nitrogens with one attached hydrogen (secondary N) is 1. The lowest BCUT2D eigenvalue weighted by Gasteiger charge is -2.06. The van der Waals surface area contributed by atoms with E-state index in [1.54, 1.807) is 0 Å². The molecule has 0 radical (unpaired) electrons. The Morgan fingerprint density at radius 3 is 2.29 bits per heavy atom. The van der Waals surface area contributed by atoms with Crippen LogP contribution in [0, 0.1) is 13.8 Å². The predicted octanol–water partition coefficient (Wildman–Crippen LogP) is 2.46. The van der Waals surface area contributed by atoms with Gasteiger partial charge in [0, 0.05) is 17.0 Å². The first-order valence-corrected chi connectivity index (χ1v) is 6.97. The first kappa shape index (κ1) is 15.1. The highest BCUT2D eigenvalue weighted by Crippen LogP contribution is 2.08. The van der Waals surface area contributed by atoms with Gasteiger partial charge in [0.25, 0.3) is 0 Å². The Labute approximate surface area is 124 Å². The second kappa shape index (κ2) is 6.95. The second-order valence-corrected chi connectivity index (χ2v) is 4.85. The molecule has 2 rings (SSSR count). The van der Waals surface area contributed by atoms with Gasteiger partial charge in [0.2, 0.25) is 5.95 Å². The molecule has 0 amide bonds. The Morgan fingerprint density at radius 2 is 1.76 bits per heavy atom. The van der Waals surface area contributed by atoms with Crippen molar-refractivity contribution in [1.82, 2.24) is 9.97 Å².